The predicted molar refractivity (Wildman–Crippen MR) is 215 cm³/mol. The Morgan fingerprint density at radius 3 is 1.72 bits per heavy atom. The molecule has 0 N–H and O–H groups in total. The maximum Gasteiger partial charge on any atom is 0.184 e. The molecule has 4 nitrogen and oxygen atoms in total. The van der Waals surface area contributed by atoms with Crippen molar-refractivity contribution in [2.45, 2.75) is 71.2 Å². The highest BCUT2D eigenvalue weighted by Crippen LogP contribution is 2.42. The smallest absolute Gasteiger partial charge is 0.184 e. The number of benzene rings is 5. The van der Waals surface area contributed by atoms with Crippen molar-refractivity contribution in [3.63, 3.8) is 0 Å². The van der Waals surface area contributed by atoms with Gasteiger partial charge in [0.1, 0.15) is 5.60 Å². The third kappa shape index (κ3) is 9.62. The highest BCUT2D eigenvalue weighted by molar-refractivity contribution is 5.47. The van der Waals surface area contributed by atoms with Crippen LogP contribution in [-0.2, 0) is 31.2 Å². The van der Waals surface area contributed by atoms with Gasteiger partial charge in [0.15, 0.2) is 6.29 Å². The summed E-state index contributed by atoms with van der Waals surface area (Å²) < 4.78 is 26.8. The van der Waals surface area contributed by atoms with Crippen LogP contribution in [0.2, 0.25) is 0 Å². The molecule has 5 aromatic rings. The predicted octanol–water partition coefficient (Wildman–Crippen LogP) is 11.6. The molecule has 6 rings (SSSR count). The molecule has 1 saturated heterocycles. The summed E-state index contributed by atoms with van der Waals surface area (Å²) in [6, 6.07) is 52.6. The summed E-state index contributed by atoms with van der Waals surface area (Å²) in [4.78, 5) is 0. The fourth-order valence-corrected chi connectivity index (χ4v) is 8.09. The average Bonchev–Trinajstić information content (AvgIpc) is 3.20. The quantitative estimate of drug-likeness (QED) is 0.0712. The molecule has 0 unspecified atom stereocenters. The van der Waals surface area contributed by atoms with Crippen molar-refractivity contribution in [2.75, 3.05) is 13.2 Å². The molecule has 0 amide bonds. The first-order chi connectivity index (χ1) is 25.8. The largest absolute Gasteiger partial charge is 0.373 e. The second kappa shape index (κ2) is 18.6. The van der Waals surface area contributed by atoms with Crippen LogP contribution in [-0.4, -0.2) is 25.4 Å². The Kier molecular flexibility index (Phi) is 13.5. The molecular weight excluding hydrogens is 653 g/mol. The standard InChI is InChI=1S/C49H56O4/c1-36(33-52-49(43-25-15-8-16-26-43,44-27-17-9-18-28-44)45-29-19-10-20-30-45)31-37(2)46(50-35-41-21-11-6-12-22-41)38(3)32-39(4)47-40(5)34-51-48(53-47)42-23-13-7-14-24-42/h6-30,36-38,40,46-48H,4,31-35H2,1-3,5H3/t36-,37-,38-,40-,46+,47+,48-/m1/s1. The van der Waals surface area contributed by atoms with Gasteiger partial charge in [-0.1, -0.05) is 186 Å². The number of ether oxygens (including phenoxy) is 4. The van der Waals surface area contributed by atoms with E-state index in [9.17, 15) is 0 Å². The van der Waals surface area contributed by atoms with Gasteiger partial charge in [-0.2, -0.15) is 0 Å². The topological polar surface area (TPSA) is 36.9 Å². The van der Waals surface area contributed by atoms with Crippen LogP contribution in [0.3, 0.4) is 0 Å². The molecule has 7 atom stereocenters. The van der Waals surface area contributed by atoms with E-state index in [2.05, 4.69) is 168 Å². The highest BCUT2D eigenvalue weighted by Gasteiger charge is 2.39. The van der Waals surface area contributed by atoms with Crippen LogP contribution in [0.1, 0.15) is 74.6 Å². The van der Waals surface area contributed by atoms with Crippen LogP contribution in [0.15, 0.2) is 164 Å². The minimum atomic E-state index is -0.743. The van der Waals surface area contributed by atoms with Gasteiger partial charge in [0.05, 0.1) is 32.0 Å². The third-order valence-corrected chi connectivity index (χ3v) is 10.7. The van der Waals surface area contributed by atoms with Gasteiger partial charge in [-0.25, -0.2) is 0 Å². The summed E-state index contributed by atoms with van der Waals surface area (Å²) in [5.41, 5.74) is 5.93. The Balaban J connectivity index is 1.19. The van der Waals surface area contributed by atoms with Crippen LogP contribution < -0.4 is 0 Å². The molecule has 1 aliphatic rings. The van der Waals surface area contributed by atoms with Crippen molar-refractivity contribution >= 4 is 0 Å². The van der Waals surface area contributed by atoms with Gasteiger partial charge in [0, 0.05) is 11.5 Å². The van der Waals surface area contributed by atoms with E-state index in [1.807, 2.05) is 18.2 Å². The SMILES string of the molecule is C=C(C[C@@H](C)[C@@H](OCc1ccccc1)[C@H](C)C[C@@H](C)COC(c1ccccc1)(c1ccccc1)c1ccccc1)[C@@H]1O[C@H](c2ccccc2)OC[C@H]1C. The fourth-order valence-electron chi connectivity index (χ4n) is 8.09. The zero-order valence-corrected chi connectivity index (χ0v) is 31.9. The first kappa shape index (κ1) is 38.4. The second-order valence-electron chi connectivity index (χ2n) is 15.1. The zero-order valence-electron chi connectivity index (χ0n) is 31.9. The lowest BCUT2D eigenvalue weighted by Gasteiger charge is -2.39. The van der Waals surface area contributed by atoms with Gasteiger partial charge in [-0.05, 0) is 58.4 Å². The number of hydrogen-bond donors (Lipinski definition) is 0. The Morgan fingerprint density at radius 2 is 1.19 bits per heavy atom. The van der Waals surface area contributed by atoms with E-state index >= 15 is 0 Å². The Hall–Kier alpha value is -4.32. The summed E-state index contributed by atoms with van der Waals surface area (Å²) in [6.45, 7) is 15.5. The van der Waals surface area contributed by atoms with Crippen LogP contribution in [0.5, 0.6) is 0 Å². The highest BCUT2D eigenvalue weighted by atomic mass is 16.7. The van der Waals surface area contributed by atoms with E-state index in [-0.39, 0.29) is 42.2 Å². The third-order valence-electron chi connectivity index (χ3n) is 10.7. The van der Waals surface area contributed by atoms with Crippen LogP contribution >= 0.6 is 0 Å². The van der Waals surface area contributed by atoms with Crippen LogP contribution in [0.4, 0.5) is 0 Å². The molecule has 276 valence electrons. The maximum absolute atomic E-state index is 7.24. The fraction of sp³-hybridized carbons (Fsp3) is 0.347. The number of hydrogen-bond acceptors (Lipinski definition) is 4. The molecule has 5 aromatic carbocycles. The van der Waals surface area contributed by atoms with E-state index in [4.69, 9.17) is 18.9 Å². The summed E-state index contributed by atoms with van der Waals surface area (Å²) >= 11 is 0. The molecule has 0 aliphatic carbocycles. The van der Waals surface area contributed by atoms with Crippen molar-refractivity contribution in [1.29, 1.82) is 0 Å². The lowest BCUT2D eigenvalue weighted by atomic mass is 9.79. The molecule has 0 aromatic heterocycles. The lowest BCUT2D eigenvalue weighted by molar-refractivity contribution is -0.229. The van der Waals surface area contributed by atoms with Gasteiger partial charge in [0.2, 0.25) is 0 Å². The summed E-state index contributed by atoms with van der Waals surface area (Å²) in [5, 5.41) is 0. The molecule has 1 fully saturated rings. The van der Waals surface area contributed by atoms with E-state index < -0.39 is 5.60 Å². The van der Waals surface area contributed by atoms with Gasteiger partial charge in [-0.15, -0.1) is 0 Å². The van der Waals surface area contributed by atoms with Crippen LogP contribution in [0.25, 0.3) is 0 Å². The van der Waals surface area contributed by atoms with Gasteiger partial charge in [-0.3, -0.25) is 0 Å². The number of rotatable bonds is 17. The molecule has 0 spiro atoms. The van der Waals surface area contributed by atoms with E-state index in [0.29, 0.717) is 19.8 Å². The minimum absolute atomic E-state index is 0.0107. The first-order valence-corrected chi connectivity index (χ1v) is 19.3. The van der Waals surface area contributed by atoms with Crippen LogP contribution in [0, 0.1) is 23.7 Å². The molecule has 4 heteroatoms. The van der Waals surface area contributed by atoms with Crippen molar-refractivity contribution in [3.05, 3.63) is 192 Å². The van der Waals surface area contributed by atoms with Crippen molar-refractivity contribution in [1.82, 2.24) is 0 Å². The van der Waals surface area contributed by atoms with Crippen molar-refractivity contribution < 1.29 is 18.9 Å². The molecule has 0 bridgehead atoms. The van der Waals surface area contributed by atoms with Crippen molar-refractivity contribution in [3.8, 4) is 0 Å². The van der Waals surface area contributed by atoms with E-state index in [0.717, 1.165) is 40.7 Å². The average molecular weight is 709 g/mol. The minimum Gasteiger partial charge on any atom is -0.373 e. The van der Waals surface area contributed by atoms with Gasteiger partial charge in [0.25, 0.3) is 0 Å². The van der Waals surface area contributed by atoms with Crippen molar-refractivity contribution in [2.24, 2.45) is 23.7 Å². The molecule has 0 saturated carbocycles. The molecule has 1 aliphatic heterocycles. The Labute approximate surface area is 317 Å². The summed E-state index contributed by atoms with van der Waals surface area (Å²) in [5.74, 6) is 0.973. The molecule has 1 heterocycles. The second-order valence-corrected chi connectivity index (χ2v) is 15.1. The summed E-state index contributed by atoms with van der Waals surface area (Å²) in [6.07, 6.45) is 1.30. The molecule has 0 radical (unpaired) electrons. The zero-order chi connectivity index (χ0) is 37.0. The monoisotopic (exact) mass is 708 g/mol. The first-order valence-electron chi connectivity index (χ1n) is 19.3. The Bertz CT molecular complexity index is 1700. The maximum atomic E-state index is 7.24. The Morgan fingerprint density at radius 1 is 0.698 bits per heavy atom. The molecular formula is C49H56O4. The van der Waals surface area contributed by atoms with E-state index in [1.54, 1.807) is 0 Å². The van der Waals surface area contributed by atoms with Gasteiger partial charge < -0.3 is 18.9 Å². The normalized spacial score (nSPS) is 19.9. The summed E-state index contributed by atoms with van der Waals surface area (Å²) in [7, 11) is 0. The van der Waals surface area contributed by atoms with E-state index in [1.165, 1.54) is 5.56 Å². The molecule has 53 heavy (non-hydrogen) atoms. The van der Waals surface area contributed by atoms with Gasteiger partial charge >= 0.3 is 0 Å². The lowest BCUT2D eigenvalue weighted by Crippen LogP contribution is -2.38.